The lowest BCUT2D eigenvalue weighted by atomic mass is 10.1. The van der Waals surface area contributed by atoms with Gasteiger partial charge in [0.25, 0.3) is 0 Å². The highest BCUT2D eigenvalue weighted by atomic mass is 32.2. The monoisotopic (exact) mass is 302 g/mol. The molecular weight excluding hydrogens is 288 g/mol. The average Bonchev–Trinajstić information content (AvgIpc) is 2.88. The van der Waals surface area contributed by atoms with Crippen molar-refractivity contribution in [1.29, 1.82) is 0 Å². The first-order valence-electron chi connectivity index (χ1n) is 5.94. The molecule has 0 radical (unpaired) electrons. The number of aromatic hydroxyl groups is 1. The van der Waals surface area contributed by atoms with Crippen LogP contribution in [-0.4, -0.2) is 47.6 Å². The van der Waals surface area contributed by atoms with Gasteiger partial charge in [0, 0.05) is 25.8 Å². The third-order valence-corrected chi connectivity index (χ3v) is 5.15. The number of benzene rings is 1. The lowest BCUT2D eigenvalue weighted by Gasteiger charge is -2.16. The topological polar surface area (TPSA) is 121 Å². The molecule has 9 heteroatoms. The zero-order chi connectivity index (χ0) is 14.9. The summed E-state index contributed by atoms with van der Waals surface area (Å²) in [6.45, 7) is 0.359. The molecule has 1 fully saturated rings. The third-order valence-electron chi connectivity index (χ3n) is 3.29. The summed E-state index contributed by atoms with van der Waals surface area (Å²) in [5, 5.41) is 29.1. The molecule has 8 nitrogen and oxygen atoms in total. The van der Waals surface area contributed by atoms with Crippen molar-refractivity contribution in [2.45, 2.75) is 11.3 Å². The number of aliphatic hydroxyl groups excluding tert-OH is 1. The van der Waals surface area contributed by atoms with Gasteiger partial charge < -0.3 is 10.2 Å². The SMILES string of the molecule is O=[N+]([O-])c1cc(S(=O)(=O)N2CCC(CO)C2)ccc1O. The minimum Gasteiger partial charge on any atom is -0.502 e. The van der Waals surface area contributed by atoms with E-state index in [1.54, 1.807) is 0 Å². The standard InChI is InChI=1S/C11H14N2O6S/c14-7-8-3-4-12(6-8)20(18,19)9-1-2-11(15)10(5-9)13(16)17/h1-2,5,8,14-15H,3-4,6-7H2. The number of sulfonamides is 1. The summed E-state index contributed by atoms with van der Waals surface area (Å²) in [4.78, 5) is 9.65. The maximum Gasteiger partial charge on any atom is 0.312 e. The van der Waals surface area contributed by atoms with Gasteiger partial charge in [-0.3, -0.25) is 10.1 Å². The fourth-order valence-electron chi connectivity index (χ4n) is 2.12. The second-order valence-corrected chi connectivity index (χ2v) is 6.55. The van der Waals surface area contributed by atoms with Crippen molar-refractivity contribution in [2.75, 3.05) is 19.7 Å². The molecule has 1 aromatic carbocycles. The van der Waals surface area contributed by atoms with Crippen molar-refractivity contribution in [3.63, 3.8) is 0 Å². The molecule has 0 amide bonds. The molecule has 20 heavy (non-hydrogen) atoms. The fraction of sp³-hybridized carbons (Fsp3) is 0.455. The maximum absolute atomic E-state index is 12.3. The van der Waals surface area contributed by atoms with Gasteiger partial charge in [0.15, 0.2) is 5.75 Å². The van der Waals surface area contributed by atoms with Crippen LogP contribution in [0.25, 0.3) is 0 Å². The molecule has 0 aromatic heterocycles. The molecule has 2 rings (SSSR count). The smallest absolute Gasteiger partial charge is 0.312 e. The first kappa shape index (κ1) is 14.7. The fourth-order valence-corrected chi connectivity index (χ4v) is 3.68. The van der Waals surface area contributed by atoms with Crippen LogP contribution < -0.4 is 0 Å². The number of hydrogen-bond acceptors (Lipinski definition) is 6. The van der Waals surface area contributed by atoms with Gasteiger partial charge in [0.2, 0.25) is 10.0 Å². The van der Waals surface area contributed by atoms with E-state index in [9.17, 15) is 23.6 Å². The lowest BCUT2D eigenvalue weighted by molar-refractivity contribution is -0.386. The normalized spacial score (nSPS) is 20.1. The van der Waals surface area contributed by atoms with Crippen molar-refractivity contribution in [3.05, 3.63) is 28.3 Å². The van der Waals surface area contributed by atoms with Crippen LogP contribution in [-0.2, 0) is 10.0 Å². The van der Waals surface area contributed by atoms with E-state index < -0.39 is 26.4 Å². The number of phenolic OH excluding ortho intramolecular Hbond substituents is 1. The molecule has 0 aliphatic carbocycles. The Hall–Kier alpha value is -1.71. The van der Waals surface area contributed by atoms with Gasteiger partial charge in [-0.25, -0.2) is 8.42 Å². The number of aliphatic hydroxyl groups is 1. The Morgan fingerprint density at radius 3 is 2.70 bits per heavy atom. The molecule has 1 saturated heterocycles. The first-order valence-corrected chi connectivity index (χ1v) is 7.38. The molecule has 1 aliphatic rings. The number of nitro groups is 1. The van der Waals surface area contributed by atoms with E-state index >= 15 is 0 Å². The molecule has 1 aliphatic heterocycles. The Labute approximate surface area is 115 Å². The van der Waals surface area contributed by atoms with E-state index in [-0.39, 0.29) is 30.5 Å². The predicted octanol–water partition coefficient (Wildman–Crippen LogP) is 0.303. The van der Waals surface area contributed by atoms with Gasteiger partial charge in [-0.1, -0.05) is 0 Å². The van der Waals surface area contributed by atoms with E-state index in [0.717, 1.165) is 18.2 Å². The van der Waals surface area contributed by atoms with E-state index in [4.69, 9.17) is 5.11 Å². The number of phenols is 1. The molecular formula is C11H14N2O6S. The molecule has 0 saturated carbocycles. The summed E-state index contributed by atoms with van der Waals surface area (Å²) in [6, 6.07) is 2.96. The van der Waals surface area contributed by atoms with Gasteiger partial charge in [0.05, 0.1) is 9.82 Å². The van der Waals surface area contributed by atoms with Crippen LogP contribution in [0.15, 0.2) is 23.1 Å². The zero-order valence-electron chi connectivity index (χ0n) is 10.5. The van der Waals surface area contributed by atoms with Crippen LogP contribution in [0, 0.1) is 16.0 Å². The molecule has 1 unspecified atom stereocenters. The maximum atomic E-state index is 12.3. The van der Waals surface area contributed by atoms with Crippen LogP contribution in [0.5, 0.6) is 5.75 Å². The Balaban J connectivity index is 2.35. The van der Waals surface area contributed by atoms with Gasteiger partial charge in [-0.2, -0.15) is 4.31 Å². The van der Waals surface area contributed by atoms with Gasteiger partial charge in [-0.05, 0) is 24.5 Å². The van der Waals surface area contributed by atoms with Crippen molar-refractivity contribution in [2.24, 2.45) is 5.92 Å². The first-order chi connectivity index (χ1) is 9.36. The Morgan fingerprint density at radius 1 is 1.45 bits per heavy atom. The molecule has 1 heterocycles. The molecule has 1 aromatic rings. The molecule has 1 atom stereocenters. The lowest BCUT2D eigenvalue weighted by Crippen LogP contribution is -2.29. The zero-order valence-corrected chi connectivity index (χ0v) is 11.3. The number of nitrogens with zero attached hydrogens (tertiary/aromatic N) is 2. The molecule has 0 bridgehead atoms. The Kier molecular flexibility index (Phi) is 3.93. The van der Waals surface area contributed by atoms with E-state index in [1.165, 1.54) is 4.31 Å². The summed E-state index contributed by atoms with van der Waals surface area (Å²) in [5.74, 6) is -0.694. The summed E-state index contributed by atoms with van der Waals surface area (Å²) < 4.78 is 25.8. The summed E-state index contributed by atoms with van der Waals surface area (Å²) in [7, 11) is -3.85. The molecule has 110 valence electrons. The minimum absolute atomic E-state index is 0.0955. The van der Waals surface area contributed by atoms with Crippen LogP contribution in [0.4, 0.5) is 5.69 Å². The second-order valence-electron chi connectivity index (χ2n) is 4.61. The molecule has 0 spiro atoms. The van der Waals surface area contributed by atoms with Crippen molar-refractivity contribution in [3.8, 4) is 5.75 Å². The Morgan fingerprint density at radius 2 is 2.15 bits per heavy atom. The highest BCUT2D eigenvalue weighted by molar-refractivity contribution is 7.89. The van der Waals surface area contributed by atoms with Crippen LogP contribution in [0.2, 0.25) is 0 Å². The van der Waals surface area contributed by atoms with Crippen LogP contribution in [0.3, 0.4) is 0 Å². The van der Waals surface area contributed by atoms with E-state index in [1.807, 2.05) is 0 Å². The summed E-state index contributed by atoms with van der Waals surface area (Å²) >= 11 is 0. The van der Waals surface area contributed by atoms with Crippen LogP contribution >= 0.6 is 0 Å². The number of rotatable bonds is 4. The van der Waals surface area contributed by atoms with Crippen molar-refractivity contribution < 1.29 is 23.6 Å². The minimum atomic E-state index is -3.85. The quantitative estimate of drug-likeness (QED) is 0.609. The third kappa shape index (κ3) is 2.60. The predicted molar refractivity (Wildman–Crippen MR) is 68.7 cm³/mol. The van der Waals surface area contributed by atoms with E-state index in [2.05, 4.69) is 0 Å². The summed E-state index contributed by atoms with van der Waals surface area (Å²) in [6.07, 6.45) is 0.551. The average molecular weight is 302 g/mol. The second kappa shape index (κ2) is 5.35. The largest absolute Gasteiger partial charge is 0.502 e. The Bertz CT molecular complexity index is 630. The van der Waals surface area contributed by atoms with Crippen molar-refractivity contribution in [1.82, 2.24) is 4.31 Å². The highest BCUT2D eigenvalue weighted by Gasteiger charge is 2.33. The number of hydrogen-bond donors (Lipinski definition) is 2. The number of nitro benzene ring substituents is 1. The van der Waals surface area contributed by atoms with Gasteiger partial charge in [-0.15, -0.1) is 0 Å². The van der Waals surface area contributed by atoms with Gasteiger partial charge in [0.1, 0.15) is 0 Å². The summed E-state index contributed by atoms with van der Waals surface area (Å²) in [5.41, 5.74) is -0.649. The van der Waals surface area contributed by atoms with Gasteiger partial charge >= 0.3 is 5.69 Å². The van der Waals surface area contributed by atoms with Crippen molar-refractivity contribution >= 4 is 15.7 Å². The van der Waals surface area contributed by atoms with E-state index in [0.29, 0.717) is 6.42 Å². The molecule has 2 N–H and O–H groups in total. The van der Waals surface area contributed by atoms with Crippen LogP contribution in [0.1, 0.15) is 6.42 Å². The highest BCUT2D eigenvalue weighted by Crippen LogP contribution is 2.31.